The number of quaternary nitrogens is 1. The second-order valence-electron chi connectivity index (χ2n) is 6.42. The van der Waals surface area contributed by atoms with E-state index in [0.717, 1.165) is 36.4 Å². The van der Waals surface area contributed by atoms with Crippen LogP contribution in [-0.4, -0.2) is 38.2 Å². The number of benzene rings is 1. The van der Waals surface area contributed by atoms with E-state index in [4.69, 9.17) is 32.7 Å². The van der Waals surface area contributed by atoms with Crippen molar-refractivity contribution in [2.24, 2.45) is 0 Å². The van der Waals surface area contributed by atoms with Crippen LogP contribution in [0.1, 0.15) is 24.4 Å². The first-order chi connectivity index (χ1) is 13.0. The van der Waals surface area contributed by atoms with Gasteiger partial charge in [0.25, 0.3) is 5.91 Å². The van der Waals surface area contributed by atoms with Crippen molar-refractivity contribution in [3.8, 4) is 11.5 Å². The van der Waals surface area contributed by atoms with Gasteiger partial charge in [-0.1, -0.05) is 23.2 Å². The first-order valence-corrected chi connectivity index (χ1v) is 9.44. The second kappa shape index (κ2) is 8.78. The van der Waals surface area contributed by atoms with E-state index in [9.17, 15) is 4.79 Å². The molecule has 1 saturated heterocycles. The fourth-order valence-corrected chi connectivity index (χ4v) is 3.93. The van der Waals surface area contributed by atoms with E-state index in [-0.39, 0.29) is 11.9 Å². The van der Waals surface area contributed by atoms with E-state index in [0.29, 0.717) is 22.4 Å². The molecule has 6 nitrogen and oxygen atoms in total. The molecule has 1 aliphatic rings. The van der Waals surface area contributed by atoms with Crippen molar-refractivity contribution in [1.29, 1.82) is 0 Å². The molecule has 0 bridgehead atoms. The van der Waals surface area contributed by atoms with Gasteiger partial charge in [0, 0.05) is 19.0 Å². The van der Waals surface area contributed by atoms with E-state index in [1.807, 2.05) is 18.2 Å². The minimum atomic E-state index is -0.143. The lowest BCUT2D eigenvalue weighted by Crippen LogP contribution is -3.11. The summed E-state index contributed by atoms with van der Waals surface area (Å²) in [6, 6.07) is 7.48. The third-order valence-electron chi connectivity index (χ3n) is 4.75. The van der Waals surface area contributed by atoms with Crippen molar-refractivity contribution in [3.05, 3.63) is 46.1 Å². The smallest absolute Gasteiger partial charge is 0.280 e. The number of ether oxygens (including phenoxy) is 2. The van der Waals surface area contributed by atoms with Gasteiger partial charge in [0.05, 0.1) is 36.4 Å². The number of aromatic nitrogens is 1. The molecule has 0 radical (unpaired) electrons. The Balaban J connectivity index is 1.74. The van der Waals surface area contributed by atoms with Crippen LogP contribution in [0.25, 0.3) is 0 Å². The van der Waals surface area contributed by atoms with Crippen LogP contribution in [0.3, 0.4) is 0 Å². The summed E-state index contributed by atoms with van der Waals surface area (Å²) in [5.74, 6) is 1.76. The molecule has 2 heterocycles. The highest BCUT2D eigenvalue weighted by Crippen LogP contribution is 2.31. The second-order valence-corrected chi connectivity index (χ2v) is 7.26. The lowest BCUT2D eigenvalue weighted by molar-refractivity contribution is -0.910. The Bertz CT molecular complexity index is 832. The Morgan fingerprint density at radius 1 is 1.30 bits per heavy atom. The number of nitrogens with one attached hydrogen (secondary N) is 2. The standard InChI is InChI=1S/C19H21Cl2N3O3/c1-26-13-5-6-17(27-2)14(9-13)16-4-3-7-24(16)11-18(25)23-19-15(21)8-12(20)10-22-19/h5-6,8-10,16H,3-4,7,11H2,1-2H3,(H,22,23,25)/p+1/t16-/m1/s1. The molecule has 1 aromatic carbocycles. The predicted molar refractivity (Wildman–Crippen MR) is 105 cm³/mol. The molecule has 27 heavy (non-hydrogen) atoms. The molecule has 1 amide bonds. The number of likely N-dealkylation sites (tertiary alicyclic amines) is 1. The summed E-state index contributed by atoms with van der Waals surface area (Å²) in [5.41, 5.74) is 1.06. The molecular weight excluding hydrogens is 389 g/mol. The Morgan fingerprint density at radius 3 is 2.81 bits per heavy atom. The number of carbonyl (C=O) groups is 1. The van der Waals surface area contributed by atoms with Gasteiger partial charge >= 0.3 is 0 Å². The number of carbonyl (C=O) groups excluding carboxylic acids is 1. The Morgan fingerprint density at radius 2 is 2.11 bits per heavy atom. The highest BCUT2D eigenvalue weighted by Gasteiger charge is 2.34. The zero-order chi connectivity index (χ0) is 19.4. The normalized spacial score (nSPS) is 19.0. The quantitative estimate of drug-likeness (QED) is 0.768. The van der Waals surface area contributed by atoms with Crippen LogP contribution in [0, 0.1) is 0 Å². The lowest BCUT2D eigenvalue weighted by Gasteiger charge is -2.23. The largest absolute Gasteiger partial charge is 0.497 e. The molecule has 0 aliphatic carbocycles. The van der Waals surface area contributed by atoms with Crippen molar-refractivity contribution < 1.29 is 19.2 Å². The van der Waals surface area contributed by atoms with Crippen molar-refractivity contribution >= 4 is 34.9 Å². The molecule has 1 aromatic heterocycles. The summed E-state index contributed by atoms with van der Waals surface area (Å²) in [4.78, 5) is 17.8. The van der Waals surface area contributed by atoms with Gasteiger partial charge in [-0.15, -0.1) is 0 Å². The van der Waals surface area contributed by atoms with Gasteiger partial charge < -0.3 is 19.7 Å². The van der Waals surface area contributed by atoms with Crippen LogP contribution < -0.4 is 19.7 Å². The van der Waals surface area contributed by atoms with Gasteiger partial charge in [-0.25, -0.2) is 4.98 Å². The van der Waals surface area contributed by atoms with Gasteiger partial charge in [-0.05, 0) is 24.3 Å². The molecule has 2 N–H and O–H groups in total. The van der Waals surface area contributed by atoms with Gasteiger partial charge in [0.15, 0.2) is 12.4 Å². The molecule has 1 aliphatic heterocycles. The lowest BCUT2D eigenvalue weighted by atomic mass is 10.0. The van der Waals surface area contributed by atoms with Gasteiger partial charge in [0.2, 0.25) is 0 Å². The van der Waals surface area contributed by atoms with Crippen LogP contribution in [0.4, 0.5) is 5.82 Å². The number of methoxy groups -OCH3 is 2. The Kier molecular flexibility index (Phi) is 6.42. The first kappa shape index (κ1) is 19.7. The fourth-order valence-electron chi connectivity index (χ4n) is 3.50. The average Bonchev–Trinajstić information content (AvgIpc) is 3.11. The van der Waals surface area contributed by atoms with Crippen molar-refractivity contribution in [3.63, 3.8) is 0 Å². The summed E-state index contributed by atoms with van der Waals surface area (Å²) < 4.78 is 10.9. The van der Waals surface area contributed by atoms with Crippen LogP contribution in [0.2, 0.25) is 10.0 Å². The van der Waals surface area contributed by atoms with Crippen molar-refractivity contribution in [1.82, 2.24) is 4.98 Å². The van der Waals surface area contributed by atoms with Crippen molar-refractivity contribution in [2.75, 3.05) is 32.6 Å². The summed E-state index contributed by atoms with van der Waals surface area (Å²) in [7, 11) is 3.29. The van der Waals surface area contributed by atoms with E-state index in [1.54, 1.807) is 20.3 Å². The maximum Gasteiger partial charge on any atom is 0.280 e. The van der Waals surface area contributed by atoms with E-state index >= 15 is 0 Å². The summed E-state index contributed by atoms with van der Waals surface area (Å²) in [5, 5.41) is 3.51. The van der Waals surface area contributed by atoms with E-state index < -0.39 is 0 Å². The summed E-state index contributed by atoms with van der Waals surface area (Å²) in [6.07, 6.45) is 3.47. The van der Waals surface area contributed by atoms with E-state index in [1.165, 1.54) is 11.1 Å². The maximum atomic E-state index is 12.5. The van der Waals surface area contributed by atoms with Crippen molar-refractivity contribution in [2.45, 2.75) is 18.9 Å². The third kappa shape index (κ3) is 4.64. The summed E-state index contributed by atoms with van der Waals surface area (Å²) in [6.45, 7) is 1.21. The number of rotatable bonds is 6. The molecule has 2 aromatic rings. The predicted octanol–water partition coefficient (Wildman–Crippen LogP) is 2.76. The van der Waals surface area contributed by atoms with Crippen LogP contribution >= 0.6 is 23.2 Å². The summed E-state index contributed by atoms with van der Waals surface area (Å²) >= 11 is 11.9. The minimum absolute atomic E-state index is 0.143. The first-order valence-electron chi connectivity index (χ1n) is 8.69. The van der Waals surface area contributed by atoms with Gasteiger partial charge in [0.1, 0.15) is 17.5 Å². The molecular formula is C19H22Cl2N3O3+. The number of halogens is 2. The number of nitrogens with zero attached hydrogens (tertiary/aromatic N) is 1. The molecule has 0 saturated carbocycles. The number of hydrogen-bond acceptors (Lipinski definition) is 4. The fraction of sp³-hybridized carbons (Fsp3) is 0.368. The molecule has 1 fully saturated rings. The monoisotopic (exact) mass is 410 g/mol. The Hall–Kier alpha value is -2.02. The number of pyridine rings is 1. The zero-order valence-electron chi connectivity index (χ0n) is 15.2. The SMILES string of the molecule is COc1ccc(OC)c([C@H]2CCC[NH+]2CC(=O)Nc2ncc(Cl)cc2Cl)c1. The third-order valence-corrected chi connectivity index (χ3v) is 5.24. The topological polar surface area (TPSA) is 64.9 Å². The van der Waals surface area contributed by atoms with Gasteiger partial charge in [-0.2, -0.15) is 0 Å². The number of amides is 1. The Labute approximate surface area is 168 Å². The molecule has 3 rings (SSSR count). The molecule has 144 valence electrons. The molecule has 1 unspecified atom stereocenters. The van der Waals surface area contributed by atoms with E-state index in [2.05, 4.69) is 10.3 Å². The highest BCUT2D eigenvalue weighted by molar-refractivity contribution is 6.36. The minimum Gasteiger partial charge on any atom is -0.497 e. The highest BCUT2D eigenvalue weighted by atomic mass is 35.5. The van der Waals surface area contributed by atoms with Gasteiger partial charge in [-0.3, -0.25) is 4.79 Å². The number of anilines is 1. The van der Waals surface area contributed by atoms with Crippen LogP contribution in [-0.2, 0) is 4.79 Å². The number of hydrogen-bond donors (Lipinski definition) is 2. The zero-order valence-corrected chi connectivity index (χ0v) is 16.7. The molecule has 2 atom stereocenters. The average molecular weight is 411 g/mol. The molecule has 8 heteroatoms. The maximum absolute atomic E-state index is 12.5. The van der Waals surface area contributed by atoms with Crippen LogP contribution in [0.15, 0.2) is 30.5 Å². The molecule has 0 spiro atoms. The van der Waals surface area contributed by atoms with Crippen LogP contribution in [0.5, 0.6) is 11.5 Å².